The molecule has 1 aromatic rings. The maximum absolute atomic E-state index is 6.07. The van der Waals surface area contributed by atoms with Crippen LogP contribution in [-0.4, -0.2) is 24.2 Å². The summed E-state index contributed by atoms with van der Waals surface area (Å²) in [5.74, 6) is 0. The van der Waals surface area contributed by atoms with Gasteiger partial charge in [-0.05, 0) is 26.0 Å². The summed E-state index contributed by atoms with van der Waals surface area (Å²) in [6.07, 6.45) is 0. The highest BCUT2D eigenvalue weighted by Crippen LogP contribution is 2.24. The highest BCUT2D eigenvalue weighted by Gasteiger charge is 2.11. The number of ether oxygens (including phenoxy) is 1. The van der Waals surface area contributed by atoms with Gasteiger partial charge in [0.2, 0.25) is 0 Å². The first kappa shape index (κ1) is 14.2. The molecule has 0 aromatic heterocycles. The Morgan fingerprint density at radius 2 is 2.29 bits per heavy atom. The number of halogens is 1. The fourth-order valence-corrected chi connectivity index (χ4v) is 2.05. The molecule has 0 aliphatic carbocycles. The molecule has 0 amide bonds. The van der Waals surface area contributed by atoms with E-state index in [1.165, 1.54) is 0 Å². The Hall–Kier alpha value is -0.840. The van der Waals surface area contributed by atoms with E-state index in [0.29, 0.717) is 28.8 Å². The molecule has 0 spiro atoms. The quantitative estimate of drug-likeness (QED) is 0.782. The van der Waals surface area contributed by atoms with E-state index in [2.05, 4.69) is 5.32 Å². The molecule has 1 unspecified atom stereocenters. The maximum Gasteiger partial charge on any atom is 0.107 e. The van der Waals surface area contributed by atoms with Gasteiger partial charge in [-0.3, -0.25) is 0 Å². The Kier molecular flexibility index (Phi) is 5.68. The van der Waals surface area contributed by atoms with Crippen molar-refractivity contribution >= 4 is 34.5 Å². The summed E-state index contributed by atoms with van der Waals surface area (Å²) >= 11 is 11.1. The zero-order chi connectivity index (χ0) is 12.8. The summed E-state index contributed by atoms with van der Waals surface area (Å²) in [7, 11) is 0. The van der Waals surface area contributed by atoms with Gasteiger partial charge < -0.3 is 15.8 Å². The zero-order valence-electron chi connectivity index (χ0n) is 10.00. The predicted octanol–water partition coefficient (Wildman–Crippen LogP) is 2.81. The number of hydrogen-bond acceptors (Lipinski definition) is 3. The van der Waals surface area contributed by atoms with E-state index in [9.17, 15) is 0 Å². The van der Waals surface area contributed by atoms with Gasteiger partial charge in [-0.1, -0.05) is 29.9 Å². The van der Waals surface area contributed by atoms with Crippen LogP contribution in [0.15, 0.2) is 18.2 Å². The van der Waals surface area contributed by atoms with E-state index in [-0.39, 0.29) is 6.04 Å². The molecule has 17 heavy (non-hydrogen) atoms. The van der Waals surface area contributed by atoms with Crippen molar-refractivity contribution < 1.29 is 4.74 Å². The van der Waals surface area contributed by atoms with Gasteiger partial charge >= 0.3 is 0 Å². The van der Waals surface area contributed by atoms with Crippen LogP contribution in [0.25, 0.3) is 0 Å². The average Bonchev–Trinajstić information content (AvgIpc) is 2.25. The first-order chi connectivity index (χ1) is 8.06. The zero-order valence-corrected chi connectivity index (χ0v) is 11.6. The lowest BCUT2D eigenvalue weighted by molar-refractivity contribution is 0.141. The molecule has 1 rings (SSSR count). The van der Waals surface area contributed by atoms with Crippen molar-refractivity contribution in [2.24, 2.45) is 5.73 Å². The van der Waals surface area contributed by atoms with Crippen molar-refractivity contribution in [3.63, 3.8) is 0 Å². The van der Waals surface area contributed by atoms with Crippen LogP contribution in [0.5, 0.6) is 0 Å². The normalized spacial score (nSPS) is 12.2. The van der Waals surface area contributed by atoms with Crippen LogP contribution in [-0.2, 0) is 4.74 Å². The number of benzene rings is 1. The average molecular weight is 273 g/mol. The summed E-state index contributed by atoms with van der Waals surface area (Å²) < 4.78 is 5.34. The van der Waals surface area contributed by atoms with Crippen LogP contribution < -0.4 is 11.1 Å². The number of nitrogens with two attached hydrogens (primary N) is 1. The minimum absolute atomic E-state index is 0.168. The Morgan fingerprint density at radius 1 is 1.59 bits per heavy atom. The Morgan fingerprint density at radius 3 is 2.88 bits per heavy atom. The molecular formula is C12H17ClN2OS. The molecule has 0 aliphatic rings. The van der Waals surface area contributed by atoms with Crippen LogP contribution in [0.1, 0.15) is 19.4 Å². The molecule has 0 saturated carbocycles. The second-order valence-electron chi connectivity index (χ2n) is 3.73. The van der Waals surface area contributed by atoms with Gasteiger partial charge in [0.15, 0.2) is 0 Å². The molecule has 3 N–H and O–H groups in total. The minimum Gasteiger partial charge on any atom is -0.389 e. The standard InChI is InChI=1S/C12H17ClN2OS/c1-3-16-7-8(2)15-10-6-4-5-9(13)11(10)12(14)17/h4-6,8,15H,3,7H2,1-2H3,(H2,14,17). The second-order valence-corrected chi connectivity index (χ2v) is 4.58. The predicted molar refractivity (Wildman–Crippen MR) is 76.9 cm³/mol. The Bertz CT molecular complexity index is 398. The first-order valence-corrected chi connectivity index (χ1v) is 6.27. The van der Waals surface area contributed by atoms with Crippen LogP contribution in [0, 0.1) is 0 Å². The lowest BCUT2D eigenvalue weighted by Gasteiger charge is -2.18. The smallest absolute Gasteiger partial charge is 0.107 e. The molecule has 5 heteroatoms. The van der Waals surface area contributed by atoms with Gasteiger partial charge in [-0.15, -0.1) is 0 Å². The molecule has 3 nitrogen and oxygen atoms in total. The molecular weight excluding hydrogens is 256 g/mol. The molecule has 94 valence electrons. The van der Waals surface area contributed by atoms with E-state index in [4.69, 9.17) is 34.3 Å². The van der Waals surface area contributed by atoms with Crippen LogP contribution in [0.2, 0.25) is 5.02 Å². The van der Waals surface area contributed by atoms with Gasteiger partial charge in [0.05, 0.1) is 17.2 Å². The van der Waals surface area contributed by atoms with Crippen molar-refractivity contribution in [2.75, 3.05) is 18.5 Å². The van der Waals surface area contributed by atoms with Crippen molar-refractivity contribution in [3.8, 4) is 0 Å². The van der Waals surface area contributed by atoms with Crippen molar-refractivity contribution in [1.82, 2.24) is 0 Å². The topological polar surface area (TPSA) is 47.3 Å². The van der Waals surface area contributed by atoms with Gasteiger partial charge in [-0.2, -0.15) is 0 Å². The Balaban J connectivity index is 2.83. The Labute approximate surface area is 112 Å². The van der Waals surface area contributed by atoms with Crippen LogP contribution in [0.3, 0.4) is 0 Å². The van der Waals surface area contributed by atoms with Crippen molar-refractivity contribution in [1.29, 1.82) is 0 Å². The fraction of sp³-hybridized carbons (Fsp3) is 0.417. The van der Waals surface area contributed by atoms with Crippen LogP contribution in [0.4, 0.5) is 5.69 Å². The number of hydrogen-bond donors (Lipinski definition) is 2. The van der Waals surface area contributed by atoms with E-state index in [1.807, 2.05) is 26.0 Å². The third-order valence-corrected chi connectivity index (χ3v) is 2.75. The summed E-state index contributed by atoms with van der Waals surface area (Å²) in [5.41, 5.74) is 7.20. The van der Waals surface area contributed by atoms with E-state index in [1.54, 1.807) is 6.07 Å². The van der Waals surface area contributed by atoms with Gasteiger partial charge in [0.1, 0.15) is 4.99 Å². The highest BCUT2D eigenvalue weighted by molar-refractivity contribution is 7.80. The monoisotopic (exact) mass is 272 g/mol. The lowest BCUT2D eigenvalue weighted by atomic mass is 10.1. The largest absolute Gasteiger partial charge is 0.389 e. The van der Waals surface area contributed by atoms with E-state index in [0.717, 1.165) is 5.69 Å². The number of thiocarbonyl (C=S) groups is 1. The van der Waals surface area contributed by atoms with Gasteiger partial charge in [0, 0.05) is 18.3 Å². The van der Waals surface area contributed by atoms with Crippen molar-refractivity contribution in [3.05, 3.63) is 28.8 Å². The third-order valence-electron chi connectivity index (χ3n) is 2.23. The van der Waals surface area contributed by atoms with Crippen molar-refractivity contribution in [2.45, 2.75) is 19.9 Å². The number of nitrogens with one attached hydrogen (secondary N) is 1. The molecule has 0 saturated heterocycles. The lowest BCUT2D eigenvalue weighted by Crippen LogP contribution is -2.24. The van der Waals surface area contributed by atoms with Gasteiger partial charge in [0.25, 0.3) is 0 Å². The molecule has 0 fully saturated rings. The van der Waals surface area contributed by atoms with Crippen LogP contribution >= 0.6 is 23.8 Å². The van der Waals surface area contributed by atoms with E-state index >= 15 is 0 Å². The van der Waals surface area contributed by atoms with Gasteiger partial charge in [-0.25, -0.2) is 0 Å². The molecule has 1 atom stereocenters. The summed E-state index contributed by atoms with van der Waals surface area (Å²) in [5, 5.41) is 3.85. The SMILES string of the molecule is CCOCC(C)Nc1cccc(Cl)c1C(N)=S. The van der Waals surface area contributed by atoms with E-state index < -0.39 is 0 Å². The summed E-state index contributed by atoms with van der Waals surface area (Å²) in [6, 6.07) is 5.71. The molecule has 0 radical (unpaired) electrons. The number of anilines is 1. The summed E-state index contributed by atoms with van der Waals surface area (Å²) in [6.45, 7) is 5.32. The molecule has 0 heterocycles. The minimum atomic E-state index is 0.168. The summed E-state index contributed by atoms with van der Waals surface area (Å²) in [4.78, 5) is 0.293. The maximum atomic E-state index is 6.07. The fourth-order valence-electron chi connectivity index (χ4n) is 1.50. The second kappa shape index (κ2) is 6.79. The first-order valence-electron chi connectivity index (χ1n) is 5.48. The highest BCUT2D eigenvalue weighted by atomic mass is 35.5. The third kappa shape index (κ3) is 4.15. The number of rotatable bonds is 6. The molecule has 1 aromatic carbocycles. The molecule has 0 aliphatic heterocycles. The molecule has 0 bridgehead atoms.